The average Bonchev–Trinajstić information content (AvgIpc) is 3.86. The van der Waals surface area contributed by atoms with E-state index in [1.165, 1.54) is 18.9 Å². The SMILES string of the molecule is CCCCn1c(-c2ccc(Oc3ccc(F)c(C(F)(F)F)c3)cc2OCCCN(CC)CC)nc2c(OCCN3CCCC3)cc(OCCCN(CC)CC)cc21. The van der Waals surface area contributed by atoms with Crippen molar-refractivity contribution in [3.63, 3.8) is 0 Å². The summed E-state index contributed by atoms with van der Waals surface area (Å²) in [4.78, 5) is 12.4. The average molecular weight is 800 g/mol. The number of hydrogen-bond acceptors (Lipinski definition) is 8. The summed E-state index contributed by atoms with van der Waals surface area (Å²) in [7, 11) is 0. The maximum atomic E-state index is 14.1. The molecule has 0 spiro atoms. The zero-order chi connectivity index (χ0) is 40.8. The number of fused-ring (bicyclic) bond motifs is 1. The molecule has 1 aromatic heterocycles. The summed E-state index contributed by atoms with van der Waals surface area (Å²) < 4.78 is 82.2. The first kappa shape index (κ1) is 44.0. The van der Waals surface area contributed by atoms with Gasteiger partial charge in [-0.05, 0) is 102 Å². The maximum absolute atomic E-state index is 14.1. The number of alkyl halides is 3. The van der Waals surface area contributed by atoms with Crippen molar-refractivity contribution in [1.82, 2.24) is 24.3 Å². The first-order chi connectivity index (χ1) is 27.6. The highest BCUT2D eigenvalue weighted by Gasteiger charge is 2.34. The molecule has 0 bridgehead atoms. The first-order valence-electron chi connectivity index (χ1n) is 20.9. The van der Waals surface area contributed by atoms with Crippen molar-refractivity contribution < 1.29 is 36.5 Å². The lowest BCUT2D eigenvalue weighted by Crippen LogP contribution is -2.25. The quantitative estimate of drug-likeness (QED) is 0.0513. The van der Waals surface area contributed by atoms with Crippen molar-refractivity contribution in [2.75, 3.05) is 78.7 Å². The molecule has 13 heteroatoms. The van der Waals surface area contributed by atoms with Crippen LogP contribution in [0.15, 0.2) is 48.5 Å². The summed E-state index contributed by atoms with van der Waals surface area (Å²) in [5.74, 6) is 1.27. The third kappa shape index (κ3) is 12.2. The minimum absolute atomic E-state index is 0.139. The molecule has 1 aliphatic heterocycles. The lowest BCUT2D eigenvalue weighted by Gasteiger charge is -2.19. The minimum Gasteiger partial charge on any atom is -0.493 e. The molecule has 0 N–H and O–H groups in total. The van der Waals surface area contributed by atoms with Crippen molar-refractivity contribution in [3.8, 4) is 40.1 Å². The molecule has 0 saturated carbocycles. The normalized spacial score (nSPS) is 13.7. The van der Waals surface area contributed by atoms with Crippen LogP contribution < -0.4 is 18.9 Å². The standard InChI is InChI=1S/C44H61F4N5O4/c1-6-11-24-53-39-30-35(54-26-14-22-50(7-2)8-3)32-41(56-28-25-52-20-12-13-21-52)42(39)49-43(53)36-18-16-34(31-40(36)55-27-15-23-51(9-4)10-5)57-33-17-19-38(45)37(29-33)44(46,47)48/h16-19,29-32H,6-15,20-28H2,1-5H3. The predicted octanol–water partition coefficient (Wildman–Crippen LogP) is 10.1. The molecule has 5 rings (SSSR count). The van der Waals surface area contributed by atoms with Crippen LogP contribution in [0.25, 0.3) is 22.4 Å². The Balaban J connectivity index is 1.54. The fraction of sp³-hybridized carbons (Fsp3) is 0.568. The Morgan fingerprint density at radius 1 is 0.684 bits per heavy atom. The number of nitrogens with zero attached hydrogens (tertiary/aromatic N) is 5. The van der Waals surface area contributed by atoms with E-state index in [4.69, 9.17) is 23.9 Å². The molecule has 0 atom stereocenters. The van der Waals surface area contributed by atoms with E-state index in [0.717, 1.165) is 107 Å². The van der Waals surface area contributed by atoms with Gasteiger partial charge in [-0.1, -0.05) is 41.0 Å². The Morgan fingerprint density at radius 3 is 1.95 bits per heavy atom. The van der Waals surface area contributed by atoms with Crippen LogP contribution in [-0.2, 0) is 12.7 Å². The van der Waals surface area contributed by atoms with Gasteiger partial charge in [-0.15, -0.1) is 0 Å². The number of unbranched alkanes of at least 4 members (excludes halogenated alkanes) is 1. The van der Waals surface area contributed by atoms with Gasteiger partial charge in [0.15, 0.2) is 5.75 Å². The summed E-state index contributed by atoms with van der Waals surface area (Å²) in [6.45, 7) is 21.5. The van der Waals surface area contributed by atoms with Crippen LogP contribution in [0, 0.1) is 5.82 Å². The van der Waals surface area contributed by atoms with E-state index in [0.29, 0.717) is 55.3 Å². The Morgan fingerprint density at radius 2 is 1.30 bits per heavy atom. The summed E-state index contributed by atoms with van der Waals surface area (Å²) in [6, 6.07) is 11.8. The van der Waals surface area contributed by atoms with Crippen LogP contribution in [0.2, 0.25) is 0 Å². The number of likely N-dealkylation sites (tertiary alicyclic amines) is 1. The summed E-state index contributed by atoms with van der Waals surface area (Å²) >= 11 is 0. The highest BCUT2D eigenvalue weighted by atomic mass is 19.4. The fourth-order valence-electron chi connectivity index (χ4n) is 7.22. The van der Waals surface area contributed by atoms with Gasteiger partial charge in [0.1, 0.15) is 46.8 Å². The van der Waals surface area contributed by atoms with Crippen LogP contribution in [0.4, 0.5) is 17.6 Å². The molecule has 0 radical (unpaired) electrons. The van der Waals surface area contributed by atoms with Crippen molar-refractivity contribution >= 4 is 11.0 Å². The molecule has 9 nitrogen and oxygen atoms in total. The van der Waals surface area contributed by atoms with Gasteiger partial charge in [0.25, 0.3) is 0 Å². The summed E-state index contributed by atoms with van der Waals surface area (Å²) in [5.41, 5.74) is 0.920. The number of imidazole rings is 1. The van der Waals surface area contributed by atoms with E-state index in [9.17, 15) is 17.6 Å². The molecule has 3 aromatic carbocycles. The van der Waals surface area contributed by atoms with E-state index in [2.05, 4.69) is 53.9 Å². The number of halogens is 4. The molecule has 1 aliphatic rings. The molecule has 57 heavy (non-hydrogen) atoms. The predicted molar refractivity (Wildman–Crippen MR) is 219 cm³/mol. The lowest BCUT2D eigenvalue weighted by atomic mass is 10.1. The number of aryl methyl sites for hydroxylation is 1. The van der Waals surface area contributed by atoms with Gasteiger partial charge in [0.05, 0.1) is 29.9 Å². The molecule has 0 aliphatic carbocycles. The number of rotatable bonds is 24. The summed E-state index contributed by atoms with van der Waals surface area (Å²) in [5, 5.41) is 0. The molecule has 0 amide bonds. The topological polar surface area (TPSA) is 64.5 Å². The molecule has 2 heterocycles. The third-order valence-corrected chi connectivity index (χ3v) is 10.6. The smallest absolute Gasteiger partial charge is 0.419 e. The van der Waals surface area contributed by atoms with Gasteiger partial charge in [0.2, 0.25) is 0 Å². The van der Waals surface area contributed by atoms with Crippen LogP contribution >= 0.6 is 0 Å². The fourth-order valence-corrected chi connectivity index (χ4v) is 7.22. The second-order valence-corrected chi connectivity index (χ2v) is 14.5. The van der Waals surface area contributed by atoms with E-state index in [-0.39, 0.29) is 11.5 Å². The van der Waals surface area contributed by atoms with Gasteiger partial charge in [0, 0.05) is 44.4 Å². The minimum atomic E-state index is -4.86. The molecule has 0 unspecified atom stereocenters. The first-order valence-corrected chi connectivity index (χ1v) is 20.9. The maximum Gasteiger partial charge on any atom is 0.419 e. The van der Waals surface area contributed by atoms with E-state index in [1.54, 1.807) is 12.1 Å². The second kappa shape index (κ2) is 21.6. The van der Waals surface area contributed by atoms with Gasteiger partial charge in [-0.2, -0.15) is 13.2 Å². The number of aromatic nitrogens is 2. The largest absolute Gasteiger partial charge is 0.493 e. The molecular formula is C44H61F4N5O4. The Kier molecular flexibility index (Phi) is 16.7. The highest BCUT2D eigenvalue weighted by Crippen LogP contribution is 2.41. The van der Waals surface area contributed by atoms with E-state index >= 15 is 0 Å². The van der Waals surface area contributed by atoms with Crippen molar-refractivity contribution in [2.45, 2.75) is 85.9 Å². The molecule has 4 aromatic rings. The monoisotopic (exact) mass is 799 g/mol. The molecule has 1 fully saturated rings. The van der Waals surface area contributed by atoms with Crippen LogP contribution in [0.3, 0.4) is 0 Å². The Hall–Kier alpha value is -4.07. The summed E-state index contributed by atoms with van der Waals surface area (Å²) in [6.07, 6.45) is 1.05. The van der Waals surface area contributed by atoms with Crippen molar-refractivity contribution in [2.24, 2.45) is 0 Å². The van der Waals surface area contributed by atoms with Crippen molar-refractivity contribution in [1.29, 1.82) is 0 Å². The van der Waals surface area contributed by atoms with Crippen LogP contribution in [0.5, 0.6) is 28.7 Å². The molecule has 314 valence electrons. The number of ether oxygens (including phenoxy) is 4. The van der Waals surface area contributed by atoms with Crippen LogP contribution in [0.1, 0.15) is 78.7 Å². The van der Waals surface area contributed by atoms with Crippen molar-refractivity contribution in [3.05, 3.63) is 59.9 Å². The third-order valence-electron chi connectivity index (χ3n) is 10.6. The Labute approximate surface area is 335 Å². The zero-order valence-corrected chi connectivity index (χ0v) is 34.4. The van der Waals surface area contributed by atoms with E-state index in [1.807, 2.05) is 18.2 Å². The highest BCUT2D eigenvalue weighted by molar-refractivity contribution is 5.88. The van der Waals surface area contributed by atoms with Gasteiger partial charge in [-0.3, -0.25) is 4.90 Å². The number of hydrogen-bond donors (Lipinski definition) is 0. The van der Waals surface area contributed by atoms with Gasteiger partial charge in [-0.25, -0.2) is 9.37 Å². The number of benzene rings is 3. The lowest BCUT2D eigenvalue weighted by molar-refractivity contribution is -0.140. The van der Waals surface area contributed by atoms with E-state index < -0.39 is 17.6 Å². The zero-order valence-electron chi connectivity index (χ0n) is 34.4. The van der Waals surface area contributed by atoms with Gasteiger partial charge >= 0.3 is 6.18 Å². The second-order valence-electron chi connectivity index (χ2n) is 14.5. The van der Waals surface area contributed by atoms with Crippen LogP contribution in [-0.4, -0.2) is 103 Å². The van der Waals surface area contributed by atoms with Gasteiger partial charge < -0.3 is 33.3 Å². The molecule has 1 saturated heterocycles. The molecular weight excluding hydrogens is 739 g/mol. The Bertz CT molecular complexity index is 1840.